The molecule has 108 valence electrons. The van der Waals surface area contributed by atoms with Crippen molar-refractivity contribution in [1.82, 2.24) is 4.98 Å². The van der Waals surface area contributed by atoms with Gasteiger partial charge in [-0.3, -0.25) is 4.79 Å². The summed E-state index contributed by atoms with van der Waals surface area (Å²) < 4.78 is 11.7. The van der Waals surface area contributed by atoms with Gasteiger partial charge in [0.1, 0.15) is 24.1 Å². The topological polar surface area (TPSA) is 60.5 Å². The van der Waals surface area contributed by atoms with E-state index < -0.39 is 0 Å². The fraction of sp³-hybridized carbons (Fsp3) is 0.143. The van der Waals surface area contributed by atoms with Crippen LogP contribution >= 0.6 is 27.5 Å². The van der Waals surface area contributed by atoms with Gasteiger partial charge in [0.25, 0.3) is 5.91 Å². The number of carbonyl (C=O) groups excluding carboxylic acids is 1. The number of anilines is 1. The average molecular weight is 370 g/mol. The van der Waals surface area contributed by atoms with Crippen LogP contribution in [-0.4, -0.2) is 24.1 Å². The highest BCUT2D eigenvalue weighted by atomic mass is 79.9. The highest BCUT2D eigenvalue weighted by Gasteiger charge is 2.17. The third-order valence-electron chi connectivity index (χ3n) is 2.83. The molecular formula is C14H10BrClN2O3. The molecule has 0 saturated heterocycles. The Labute approximate surface area is 134 Å². The lowest BCUT2D eigenvalue weighted by atomic mass is 10.2. The van der Waals surface area contributed by atoms with Crippen molar-refractivity contribution in [3.05, 3.63) is 45.7 Å². The van der Waals surface area contributed by atoms with E-state index in [-0.39, 0.29) is 16.8 Å². The predicted octanol–water partition coefficient (Wildman–Crippen LogP) is 3.52. The number of fused-ring (bicyclic) bond motifs is 1. The number of halogens is 2. The average Bonchev–Trinajstić information content (AvgIpc) is 2.48. The first-order chi connectivity index (χ1) is 10.1. The first kappa shape index (κ1) is 14.2. The van der Waals surface area contributed by atoms with Crippen LogP contribution in [0.4, 0.5) is 5.69 Å². The maximum atomic E-state index is 12.2. The SMILES string of the molecule is O=C(Nc1cc2c(cc1Br)OCCO2)c1cccc(Cl)n1. The molecule has 1 aromatic heterocycles. The lowest BCUT2D eigenvalue weighted by Crippen LogP contribution is -2.17. The summed E-state index contributed by atoms with van der Waals surface area (Å²) in [5, 5.41) is 3.03. The number of aromatic nitrogens is 1. The van der Waals surface area contributed by atoms with Crippen molar-refractivity contribution < 1.29 is 14.3 Å². The van der Waals surface area contributed by atoms with Gasteiger partial charge in [0, 0.05) is 16.6 Å². The van der Waals surface area contributed by atoms with Crippen molar-refractivity contribution in [2.75, 3.05) is 18.5 Å². The zero-order valence-electron chi connectivity index (χ0n) is 10.7. The molecule has 2 aromatic rings. The molecule has 1 aliphatic rings. The molecule has 0 radical (unpaired) electrons. The maximum Gasteiger partial charge on any atom is 0.274 e. The second-order valence-electron chi connectivity index (χ2n) is 4.28. The molecule has 0 aliphatic carbocycles. The van der Waals surface area contributed by atoms with Crippen molar-refractivity contribution >= 4 is 39.1 Å². The van der Waals surface area contributed by atoms with E-state index >= 15 is 0 Å². The number of amides is 1. The van der Waals surface area contributed by atoms with Gasteiger partial charge >= 0.3 is 0 Å². The van der Waals surface area contributed by atoms with E-state index in [2.05, 4.69) is 26.2 Å². The second-order valence-corrected chi connectivity index (χ2v) is 5.52. The highest BCUT2D eigenvalue weighted by Crippen LogP contribution is 2.38. The molecule has 21 heavy (non-hydrogen) atoms. The molecule has 0 fully saturated rings. The fourth-order valence-electron chi connectivity index (χ4n) is 1.88. The Balaban J connectivity index is 1.86. The van der Waals surface area contributed by atoms with Crippen LogP contribution in [0.5, 0.6) is 11.5 Å². The normalized spacial score (nSPS) is 12.9. The molecular weight excluding hydrogens is 360 g/mol. The van der Waals surface area contributed by atoms with Gasteiger partial charge in [0.2, 0.25) is 0 Å². The van der Waals surface area contributed by atoms with Crippen molar-refractivity contribution in [2.24, 2.45) is 0 Å². The minimum absolute atomic E-state index is 0.240. The molecule has 5 nitrogen and oxygen atoms in total. The summed E-state index contributed by atoms with van der Waals surface area (Å²) in [5.41, 5.74) is 0.815. The van der Waals surface area contributed by atoms with Gasteiger partial charge in [0.15, 0.2) is 11.5 Å². The van der Waals surface area contributed by atoms with E-state index in [4.69, 9.17) is 21.1 Å². The third-order valence-corrected chi connectivity index (χ3v) is 3.69. The number of pyridine rings is 1. The maximum absolute atomic E-state index is 12.2. The number of hydrogen-bond donors (Lipinski definition) is 1. The molecule has 0 atom stereocenters. The number of rotatable bonds is 2. The zero-order chi connectivity index (χ0) is 14.8. The number of hydrogen-bond acceptors (Lipinski definition) is 4. The Hall–Kier alpha value is -1.79. The van der Waals surface area contributed by atoms with E-state index in [9.17, 15) is 4.79 Å². The molecule has 0 unspecified atom stereocenters. The third kappa shape index (κ3) is 3.11. The van der Waals surface area contributed by atoms with Crippen molar-refractivity contribution in [3.8, 4) is 11.5 Å². The molecule has 1 aliphatic heterocycles. The quantitative estimate of drug-likeness (QED) is 0.823. The largest absolute Gasteiger partial charge is 0.486 e. The zero-order valence-corrected chi connectivity index (χ0v) is 13.1. The Morgan fingerprint density at radius 2 is 1.95 bits per heavy atom. The van der Waals surface area contributed by atoms with Crippen molar-refractivity contribution in [3.63, 3.8) is 0 Å². The number of ether oxygens (including phenoxy) is 2. The van der Waals surface area contributed by atoms with Gasteiger partial charge in [-0.1, -0.05) is 17.7 Å². The highest BCUT2D eigenvalue weighted by molar-refractivity contribution is 9.10. The summed E-state index contributed by atoms with van der Waals surface area (Å²) in [5.74, 6) is 0.890. The van der Waals surface area contributed by atoms with Crippen LogP contribution < -0.4 is 14.8 Å². The molecule has 1 amide bonds. The van der Waals surface area contributed by atoms with Crippen LogP contribution in [0.1, 0.15) is 10.5 Å². The van der Waals surface area contributed by atoms with Crippen molar-refractivity contribution in [1.29, 1.82) is 0 Å². The van der Waals surface area contributed by atoms with Crippen LogP contribution in [0.25, 0.3) is 0 Å². The molecule has 3 rings (SSSR count). The van der Waals surface area contributed by atoms with Gasteiger partial charge in [-0.05, 0) is 28.1 Å². The molecule has 7 heteroatoms. The summed E-state index contributed by atoms with van der Waals surface area (Å²) in [7, 11) is 0. The van der Waals surface area contributed by atoms with Gasteiger partial charge in [-0.2, -0.15) is 0 Å². The van der Waals surface area contributed by atoms with Crippen LogP contribution in [-0.2, 0) is 0 Å². The molecule has 2 heterocycles. The Morgan fingerprint density at radius 3 is 2.67 bits per heavy atom. The van der Waals surface area contributed by atoms with Gasteiger partial charge in [0.05, 0.1) is 5.69 Å². The minimum atomic E-state index is -0.352. The van der Waals surface area contributed by atoms with Crippen LogP contribution in [0.2, 0.25) is 5.15 Å². The standard InChI is InChI=1S/C14H10BrClN2O3/c15-8-6-11-12(21-5-4-20-11)7-10(8)18-14(19)9-2-1-3-13(16)17-9/h1-3,6-7H,4-5H2,(H,18,19). The van der Waals surface area contributed by atoms with Crippen molar-refractivity contribution in [2.45, 2.75) is 0 Å². The smallest absolute Gasteiger partial charge is 0.274 e. The van der Waals surface area contributed by atoms with E-state index in [0.29, 0.717) is 34.9 Å². The van der Waals surface area contributed by atoms with Crippen LogP contribution in [0.3, 0.4) is 0 Å². The Morgan fingerprint density at radius 1 is 1.24 bits per heavy atom. The van der Waals surface area contributed by atoms with Gasteiger partial charge in [-0.25, -0.2) is 4.98 Å². The lowest BCUT2D eigenvalue weighted by Gasteiger charge is -2.20. The second kappa shape index (κ2) is 5.91. The first-order valence-corrected chi connectivity index (χ1v) is 7.33. The van der Waals surface area contributed by atoms with E-state index in [1.165, 1.54) is 0 Å². The summed E-state index contributed by atoms with van der Waals surface area (Å²) in [4.78, 5) is 16.1. The lowest BCUT2D eigenvalue weighted by molar-refractivity contribution is 0.102. The number of benzene rings is 1. The van der Waals surface area contributed by atoms with E-state index in [0.717, 1.165) is 0 Å². The van der Waals surface area contributed by atoms with Crippen LogP contribution in [0, 0.1) is 0 Å². The van der Waals surface area contributed by atoms with Gasteiger partial charge in [-0.15, -0.1) is 0 Å². The fourth-order valence-corrected chi connectivity index (χ4v) is 2.47. The summed E-state index contributed by atoms with van der Waals surface area (Å²) in [6.45, 7) is 0.995. The minimum Gasteiger partial charge on any atom is -0.486 e. The molecule has 0 spiro atoms. The predicted molar refractivity (Wildman–Crippen MR) is 82.3 cm³/mol. The first-order valence-electron chi connectivity index (χ1n) is 6.16. The summed E-state index contributed by atoms with van der Waals surface area (Å²) >= 11 is 9.18. The molecule has 1 N–H and O–H groups in total. The monoisotopic (exact) mass is 368 g/mol. The molecule has 1 aromatic carbocycles. The summed E-state index contributed by atoms with van der Waals surface area (Å²) in [6.07, 6.45) is 0. The van der Waals surface area contributed by atoms with Crippen LogP contribution in [0.15, 0.2) is 34.8 Å². The Bertz CT molecular complexity index is 709. The number of nitrogens with zero attached hydrogens (tertiary/aromatic N) is 1. The summed E-state index contributed by atoms with van der Waals surface area (Å²) in [6, 6.07) is 8.34. The Kier molecular flexibility index (Phi) is 3.98. The van der Waals surface area contributed by atoms with E-state index in [1.54, 1.807) is 30.3 Å². The van der Waals surface area contributed by atoms with E-state index in [1.807, 2.05) is 0 Å². The number of nitrogens with one attached hydrogen (secondary N) is 1. The van der Waals surface area contributed by atoms with Gasteiger partial charge < -0.3 is 14.8 Å². The molecule has 0 bridgehead atoms. The number of carbonyl (C=O) groups is 1. The molecule has 0 saturated carbocycles.